The van der Waals surface area contributed by atoms with Crippen molar-refractivity contribution in [1.29, 1.82) is 0 Å². The van der Waals surface area contributed by atoms with Crippen LogP contribution in [0.15, 0.2) is 89.3 Å². The van der Waals surface area contributed by atoms with Crippen LogP contribution in [0.1, 0.15) is 10.4 Å². The highest BCUT2D eigenvalue weighted by molar-refractivity contribution is 7.92. The molecule has 236 valence electrons. The number of rotatable bonds is 9. The summed E-state index contributed by atoms with van der Waals surface area (Å²) >= 11 is 0. The fourth-order valence-electron chi connectivity index (χ4n) is 5.81. The Morgan fingerprint density at radius 3 is 2.39 bits per heavy atom. The zero-order valence-corrected chi connectivity index (χ0v) is 26.5. The molecule has 0 aliphatic rings. The summed E-state index contributed by atoms with van der Waals surface area (Å²) in [6.07, 6.45) is 1.11. The summed E-state index contributed by atoms with van der Waals surface area (Å²) in [5.74, 6) is -0.0487. The van der Waals surface area contributed by atoms with Crippen molar-refractivity contribution in [2.45, 2.75) is 6.54 Å². The van der Waals surface area contributed by atoms with Gasteiger partial charge in [0.1, 0.15) is 22.9 Å². The van der Waals surface area contributed by atoms with E-state index in [4.69, 9.17) is 9.15 Å². The second kappa shape index (κ2) is 12.0. The molecule has 0 spiro atoms. The van der Waals surface area contributed by atoms with E-state index in [2.05, 4.69) is 5.32 Å². The standard InChI is InChI=1S/C35H32FN3O6S/c1-37-35(41)33-27-19-25(29(38(2)46(4,42)43)20-32(27)45-34(33)21-9-12-24(36)13-10-21)22-11-14-31(44-3)26(17-22)30-18-23-7-5-6-8-28(23)39(30)15-16-40/h5-14,17-20,40H,15-16H2,1-4H3,(H,37,41). The van der Waals surface area contributed by atoms with Gasteiger partial charge in [-0.25, -0.2) is 12.8 Å². The highest BCUT2D eigenvalue weighted by Crippen LogP contribution is 2.44. The number of ether oxygens (including phenoxy) is 1. The van der Waals surface area contributed by atoms with Crippen LogP contribution in [0, 0.1) is 5.82 Å². The first-order valence-electron chi connectivity index (χ1n) is 14.5. The Labute approximate surface area is 265 Å². The van der Waals surface area contributed by atoms with Crippen LogP contribution in [0.3, 0.4) is 0 Å². The third-order valence-electron chi connectivity index (χ3n) is 8.12. The van der Waals surface area contributed by atoms with Crippen LogP contribution < -0.4 is 14.4 Å². The maximum Gasteiger partial charge on any atom is 0.255 e. The highest BCUT2D eigenvalue weighted by atomic mass is 32.2. The summed E-state index contributed by atoms with van der Waals surface area (Å²) in [6.45, 7) is 0.272. The molecule has 6 rings (SSSR count). The van der Waals surface area contributed by atoms with Crippen molar-refractivity contribution in [3.8, 4) is 39.5 Å². The normalized spacial score (nSPS) is 11.7. The SMILES string of the molecule is CNC(=O)c1c(-c2ccc(F)cc2)oc2cc(N(C)S(C)(=O)=O)c(-c3ccc(OC)c(-c4cc5ccccc5n4CCO)c3)cc12. The molecule has 0 fully saturated rings. The Kier molecular flexibility index (Phi) is 8.05. The number of aromatic nitrogens is 1. The molecule has 2 heterocycles. The van der Waals surface area contributed by atoms with E-state index in [1.165, 1.54) is 38.4 Å². The summed E-state index contributed by atoms with van der Waals surface area (Å²) < 4.78 is 54.7. The number of halogens is 1. The predicted octanol–water partition coefficient (Wildman–Crippen LogP) is 6.28. The largest absolute Gasteiger partial charge is 0.496 e. The third kappa shape index (κ3) is 5.37. The van der Waals surface area contributed by atoms with Crippen LogP contribution in [-0.2, 0) is 16.6 Å². The van der Waals surface area contributed by atoms with Crippen molar-refractivity contribution in [2.24, 2.45) is 0 Å². The number of nitrogens with zero attached hydrogens (tertiary/aromatic N) is 2. The van der Waals surface area contributed by atoms with Crippen molar-refractivity contribution < 1.29 is 31.9 Å². The molecule has 0 radical (unpaired) electrons. The van der Waals surface area contributed by atoms with Crippen LogP contribution in [0.25, 0.3) is 55.6 Å². The van der Waals surface area contributed by atoms with E-state index in [-0.39, 0.29) is 23.5 Å². The Morgan fingerprint density at radius 2 is 1.72 bits per heavy atom. The van der Waals surface area contributed by atoms with Crippen molar-refractivity contribution in [3.63, 3.8) is 0 Å². The molecule has 0 aliphatic carbocycles. The minimum Gasteiger partial charge on any atom is -0.496 e. The van der Waals surface area contributed by atoms with E-state index < -0.39 is 21.7 Å². The number of methoxy groups -OCH3 is 1. The molecule has 0 aliphatic heterocycles. The van der Waals surface area contributed by atoms with Crippen molar-refractivity contribution >= 4 is 43.5 Å². The molecule has 0 saturated heterocycles. The number of sulfonamides is 1. The lowest BCUT2D eigenvalue weighted by Crippen LogP contribution is -2.25. The van der Waals surface area contributed by atoms with Gasteiger partial charge in [-0.15, -0.1) is 0 Å². The highest BCUT2D eigenvalue weighted by Gasteiger charge is 2.26. The molecular weight excluding hydrogens is 609 g/mol. The number of aliphatic hydroxyl groups is 1. The van der Waals surface area contributed by atoms with Gasteiger partial charge < -0.3 is 24.1 Å². The molecule has 46 heavy (non-hydrogen) atoms. The summed E-state index contributed by atoms with van der Waals surface area (Å²) in [5.41, 5.74) is 4.97. The number of fused-ring (bicyclic) bond motifs is 2. The monoisotopic (exact) mass is 641 g/mol. The predicted molar refractivity (Wildman–Crippen MR) is 178 cm³/mol. The molecule has 4 aromatic carbocycles. The zero-order valence-electron chi connectivity index (χ0n) is 25.7. The van der Waals surface area contributed by atoms with E-state index in [9.17, 15) is 22.7 Å². The summed E-state index contributed by atoms with van der Waals surface area (Å²) in [4.78, 5) is 13.3. The quantitative estimate of drug-likeness (QED) is 0.192. The van der Waals surface area contributed by atoms with Gasteiger partial charge >= 0.3 is 0 Å². The van der Waals surface area contributed by atoms with E-state index >= 15 is 0 Å². The van der Waals surface area contributed by atoms with E-state index in [1.54, 1.807) is 25.3 Å². The lowest BCUT2D eigenvalue weighted by molar-refractivity contribution is 0.0964. The number of hydrogen-bond donors (Lipinski definition) is 2. The molecule has 0 bridgehead atoms. The minimum absolute atomic E-state index is 0.0766. The molecular formula is C35H32FN3O6S. The van der Waals surface area contributed by atoms with Crippen LogP contribution in [0.4, 0.5) is 10.1 Å². The maximum absolute atomic E-state index is 13.8. The van der Waals surface area contributed by atoms with Crippen LogP contribution in [0.2, 0.25) is 0 Å². The summed E-state index contributed by atoms with van der Waals surface area (Å²) in [5, 5.41) is 14.0. The molecule has 1 amide bonds. The first-order chi connectivity index (χ1) is 22.0. The van der Waals surface area contributed by atoms with Crippen LogP contribution in [-0.4, -0.2) is 58.1 Å². The third-order valence-corrected chi connectivity index (χ3v) is 9.32. The van der Waals surface area contributed by atoms with Gasteiger partial charge in [-0.05, 0) is 60.2 Å². The first kappa shape index (κ1) is 30.9. The molecule has 6 aromatic rings. The van der Waals surface area contributed by atoms with Gasteiger partial charge in [-0.3, -0.25) is 9.10 Å². The van der Waals surface area contributed by atoms with Gasteiger partial charge in [-0.2, -0.15) is 0 Å². The number of para-hydroxylation sites is 1. The van der Waals surface area contributed by atoms with E-state index in [0.29, 0.717) is 40.1 Å². The molecule has 0 atom stereocenters. The minimum atomic E-state index is -3.73. The number of aliphatic hydroxyl groups excluding tert-OH is 1. The Balaban J connectivity index is 1.65. The van der Waals surface area contributed by atoms with Crippen molar-refractivity contribution in [1.82, 2.24) is 9.88 Å². The van der Waals surface area contributed by atoms with E-state index in [0.717, 1.165) is 32.7 Å². The average molecular weight is 642 g/mol. The molecule has 0 saturated carbocycles. The van der Waals surface area contributed by atoms with Gasteiger partial charge in [0.15, 0.2) is 0 Å². The van der Waals surface area contributed by atoms with Gasteiger partial charge in [0.25, 0.3) is 5.91 Å². The van der Waals surface area contributed by atoms with Gasteiger partial charge in [0.2, 0.25) is 10.0 Å². The second-order valence-corrected chi connectivity index (χ2v) is 12.9. The van der Waals surface area contributed by atoms with Crippen molar-refractivity contribution in [3.05, 3.63) is 96.3 Å². The molecule has 2 aromatic heterocycles. The molecule has 2 N–H and O–H groups in total. The number of nitrogens with one attached hydrogen (secondary N) is 1. The number of anilines is 1. The lowest BCUT2D eigenvalue weighted by Gasteiger charge is -2.21. The summed E-state index contributed by atoms with van der Waals surface area (Å²) in [7, 11) is 0.800. The van der Waals surface area contributed by atoms with Crippen molar-refractivity contribution in [2.75, 3.05) is 38.4 Å². The molecule has 11 heteroatoms. The first-order valence-corrected chi connectivity index (χ1v) is 16.3. The average Bonchev–Trinajstić information content (AvgIpc) is 3.61. The topological polar surface area (TPSA) is 114 Å². The number of carbonyl (C=O) groups is 1. The Hall–Kier alpha value is -5.13. The Bertz CT molecular complexity index is 2220. The number of carbonyl (C=O) groups excluding carboxylic acids is 1. The lowest BCUT2D eigenvalue weighted by atomic mass is 9.96. The Morgan fingerprint density at radius 1 is 1.00 bits per heavy atom. The fourth-order valence-corrected chi connectivity index (χ4v) is 6.32. The zero-order chi connectivity index (χ0) is 32.7. The molecule has 0 unspecified atom stereocenters. The van der Waals surface area contributed by atoms with Gasteiger partial charge in [-0.1, -0.05) is 24.3 Å². The smallest absolute Gasteiger partial charge is 0.255 e. The number of benzene rings is 4. The number of amides is 1. The number of hydrogen-bond acceptors (Lipinski definition) is 6. The maximum atomic E-state index is 13.8. The second-order valence-electron chi connectivity index (χ2n) is 10.9. The van der Waals surface area contributed by atoms with Gasteiger partial charge in [0, 0.05) is 59.7 Å². The van der Waals surface area contributed by atoms with Crippen LogP contribution in [0.5, 0.6) is 5.75 Å². The van der Waals surface area contributed by atoms with E-state index in [1.807, 2.05) is 47.0 Å². The van der Waals surface area contributed by atoms with Crippen LogP contribution >= 0.6 is 0 Å². The molecule has 9 nitrogen and oxygen atoms in total. The number of furan rings is 1. The van der Waals surface area contributed by atoms with Gasteiger partial charge in [0.05, 0.1) is 36.9 Å². The summed E-state index contributed by atoms with van der Waals surface area (Å²) in [6, 6.07) is 24.3. The fraction of sp³-hybridized carbons (Fsp3) is 0.171.